The molecule has 1 fully saturated rings. The van der Waals surface area contributed by atoms with E-state index in [2.05, 4.69) is 4.72 Å². The summed E-state index contributed by atoms with van der Waals surface area (Å²) in [5.41, 5.74) is 5.79. The molecule has 4 nitrogen and oxygen atoms in total. The number of sulfonamides is 1. The van der Waals surface area contributed by atoms with Gasteiger partial charge < -0.3 is 5.73 Å². The largest absolute Gasteiger partial charge is 0.330 e. The minimum Gasteiger partial charge on any atom is -0.330 e. The fraction of sp³-hybridized carbons (Fsp3) is 0.538. The lowest BCUT2D eigenvalue weighted by molar-refractivity contribution is 0.452. The van der Waals surface area contributed by atoms with Crippen LogP contribution in [0.5, 0.6) is 0 Å². The third-order valence-electron chi connectivity index (χ3n) is 3.78. The van der Waals surface area contributed by atoms with Crippen molar-refractivity contribution >= 4 is 10.0 Å². The molecule has 0 radical (unpaired) electrons. The smallest absolute Gasteiger partial charge is 0.241 e. The molecule has 6 heteroatoms. The first kappa shape index (κ1) is 14.4. The normalized spacial score (nSPS) is 23.7. The zero-order chi connectivity index (χ0) is 14.0. The molecule has 3 N–H and O–H groups in total. The van der Waals surface area contributed by atoms with Crippen molar-refractivity contribution in [3.63, 3.8) is 0 Å². The average molecular weight is 286 g/mol. The Morgan fingerprint density at radius 1 is 1.42 bits per heavy atom. The summed E-state index contributed by atoms with van der Waals surface area (Å²) in [6.45, 7) is 1.94. The van der Waals surface area contributed by atoms with Crippen molar-refractivity contribution in [2.45, 2.75) is 37.1 Å². The molecule has 0 saturated heterocycles. The van der Waals surface area contributed by atoms with E-state index in [1.165, 1.54) is 25.1 Å². The SMILES string of the molecule is Cc1c(F)cccc1S(=O)(=O)N[C@@H]1CCC[C@H]1CN. The average Bonchev–Trinajstić information content (AvgIpc) is 2.78. The van der Waals surface area contributed by atoms with Crippen molar-refractivity contribution in [1.29, 1.82) is 0 Å². The fourth-order valence-electron chi connectivity index (χ4n) is 2.62. The maximum atomic E-state index is 13.5. The summed E-state index contributed by atoms with van der Waals surface area (Å²) in [7, 11) is -3.69. The second-order valence-corrected chi connectivity index (χ2v) is 6.70. The predicted octanol–water partition coefficient (Wildman–Crippen LogP) is 1.54. The molecular formula is C13H19FN2O2S. The van der Waals surface area contributed by atoms with Crippen LogP contribution in [0.25, 0.3) is 0 Å². The highest BCUT2D eigenvalue weighted by Gasteiger charge is 2.31. The molecule has 2 atom stereocenters. The summed E-state index contributed by atoms with van der Waals surface area (Å²) in [6.07, 6.45) is 2.69. The van der Waals surface area contributed by atoms with Crippen LogP contribution in [0.3, 0.4) is 0 Å². The lowest BCUT2D eigenvalue weighted by Gasteiger charge is -2.20. The van der Waals surface area contributed by atoms with Gasteiger partial charge in [-0.1, -0.05) is 12.5 Å². The predicted molar refractivity (Wildman–Crippen MR) is 71.6 cm³/mol. The number of benzene rings is 1. The Hall–Kier alpha value is -0.980. The topological polar surface area (TPSA) is 72.2 Å². The Morgan fingerprint density at radius 3 is 2.84 bits per heavy atom. The zero-order valence-corrected chi connectivity index (χ0v) is 11.7. The quantitative estimate of drug-likeness (QED) is 0.882. The molecule has 0 bridgehead atoms. The van der Waals surface area contributed by atoms with Crippen LogP contribution in [-0.4, -0.2) is 21.0 Å². The van der Waals surface area contributed by atoms with Gasteiger partial charge in [0.05, 0.1) is 4.90 Å². The van der Waals surface area contributed by atoms with Gasteiger partial charge in [0.1, 0.15) is 5.82 Å². The summed E-state index contributed by atoms with van der Waals surface area (Å²) >= 11 is 0. The van der Waals surface area contributed by atoms with Gasteiger partial charge in [-0.2, -0.15) is 0 Å². The van der Waals surface area contributed by atoms with Crippen molar-refractivity contribution in [2.24, 2.45) is 11.7 Å². The molecule has 0 aromatic heterocycles. The van der Waals surface area contributed by atoms with E-state index in [1.807, 2.05) is 0 Å². The van der Waals surface area contributed by atoms with E-state index in [1.54, 1.807) is 0 Å². The summed E-state index contributed by atoms with van der Waals surface area (Å²) in [4.78, 5) is 0.00942. The molecule has 0 heterocycles. The van der Waals surface area contributed by atoms with Crippen LogP contribution in [0, 0.1) is 18.7 Å². The minimum absolute atomic E-state index is 0.00942. The summed E-state index contributed by atoms with van der Waals surface area (Å²) in [5, 5.41) is 0. The monoisotopic (exact) mass is 286 g/mol. The molecule has 0 amide bonds. The lowest BCUT2D eigenvalue weighted by atomic mass is 10.1. The first-order valence-corrected chi connectivity index (χ1v) is 7.91. The molecule has 106 valence electrons. The third kappa shape index (κ3) is 2.96. The van der Waals surface area contributed by atoms with Gasteiger partial charge >= 0.3 is 0 Å². The lowest BCUT2D eigenvalue weighted by Crippen LogP contribution is -2.40. The zero-order valence-electron chi connectivity index (χ0n) is 10.9. The molecule has 0 spiro atoms. The molecule has 0 aliphatic heterocycles. The van der Waals surface area contributed by atoms with Crippen LogP contribution in [-0.2, 0) is 10.0 Å². The summed E-state index contributed by atoms with van der Waals surface area (Å²) in [5.74, 6) is -0.340. The minimum atomic E-state index is -3.69. The Bertz CT molecular complexity index is 560. The first-order valence-electron chi connectivity index (χ1n) is 6.43. The molecule has 1 aliphatic rings. The van der Waals surface area contributed by atoms with E-state index in [-0.39, 0.29) is 22.4 Å². The highest BCUT2D eigenvalue weighted by Crippen LogP contribution is 2.27. The van der Waals surface area contributed by atoms with Crippen molar-refractivity contribution < 1.29 is 12.8 Å². The van der Waals surface area contributed by atoms with Crippen LogP contribution >= 0.6 is 0 Å². The van der Waals surface area contributed by atoms with E-state index in [4.69, 9.17) is 5.73 Å². The van der Waals surface area contributed by atoms with Gasteiger partial charge in [-0.3, -0.25) is 0 Å². The van der Waals surface area contributed by atoms with Crippen molar-refractivity contribution in [1.82, 2.24) is 4.72 Å². The van der Waals surface area contributed by atoms with Gasteiger partial charge in [0.25, 0.3) is 0 Å². The second-order valence-electron chi connectivity index (χ2n) is 5.02. The molecular weight excluding hydrogens is 267 g/mol. The summed E-state index contributed by atoms with van der Waals surface area (Å²) in [6, 6.07) is 3.95. The van der Waals surface area contributed by atoms with Gasteiger partial charge in [-0.05, 0) is 44.4 Å². The van der Waals surface area contributed by atoms with Gasteiger partial charge in [-0.15, -0.1) is 0 Å². The number of halogens is 1. The molecule has 0 unspecified atom stereocenters. The third-order valence-corrected chi connectivity index (χ3v) is 5.41. The number of nitrogens with one attached hydrogen (secondary N) is 1. The van der Waals surface area contributed by atoms with Crippen molar-refractivity contribution in [3.05, 3.63) is 29.6 Å². The highest BCUT2D eigenvalue weighted by atomic mass is 32.2. The van der Waals surface area contributed by atoms with Crippen molar-refractivity contribution in [2.75, 3.05) is 6.54 Å². The molecule has 1 aliphatic carbocycles. The Kier molecular flexibility index (Phi) is 4.23. The highest BCUT2D eigenvalue weighted by molar-refractivity contribution is 7.89. The molecule has 1 aromatic rings. The van der Waals surface area contributed by atoms with E-state index >= 15 is 0 Å². The second kappa shape index (κ2) is 5.56. The fourth-order valence-corrected chi connectivity index (χ4v) is 4.21. The van der Waals surface area contributed by atoms with Gasteiger partial charge in [0.15, 0.2) is 0 Å². The number of rotatable bonds is 4. The van der Waals surface area contributed by atoms with E-state index in [0.717, 1.165) is 19.3 Å². The van der Waals surface area contributed by atoms with Crippen LogP contribution in [0.1, 0.15) is 24.8 Å². The Labute approximate surface area is 113 Å². The van der Waals surface area contributed by atoms with E-state index in [9.17, 15) is 12.8 Å². The molecule has 19 heavy (non-hydrogen) atoms. The van der Waals surface area contributed by atoms with Crippen LogP contribution < -0.4 is 10.5 Å². The van der Waals surface area contributed by atoms with Gasteiger partial charge in [0, 0.05) is 11.6 Å². The van der Waals surface area contributed by atoms with Crippen molar-refractivity contribution in [3.8, 4) is 0 Å². The van der Waals surface area contributed by atoms with E-state index in [0.29, 0.717) is 6.54 Å². The number of nitrogens with two attached hydrogens (primary N) is 1. The van der Waals surface area contributed by atoms with Crippen LogP contribution in [0.2, 0.25) is 0 Å². The maximum absolute atomic E-state index is 13.5. The Balaban J connectivity index is 2.25. The summed E-state index contributed by atoms with van der Waals surface area (Å²) < 4.78 is 40.7. The van der Waals surface area contributed by atoms with Crippen LogP contribution in [0.4, 0.5) is 4.39 Å². The molecule has 1 aromatic carbocycles. The molecule has 2 rings (SSSR count). The number of hydrogen-bond acceptors (Lipinski definition) is 3. The van der Waals surface area contributed by atoms with E-state index < -0.39 is 15.8 Å². The van der Waals surface area contributed by atoms with Gasteiger partial charge in [-0.25, -0.2) is 17.5 Å². The molecule has 1 saturated carbocycles. The Morgan fingerprint density at radius 2 is 2.16 bits per heavy atom. The van der Waals surface area contributed by atoms with Gasteiger partial charge in [0.2, 0.25) is 10.0 Å². The number of hydrogen-bond donors (Lipinski definition) is 2. The first-order chi connectivity index (χ1) is 8.95. The van der Waals surface area contributed by atoms with Crippen LogP contribution in [0.15, 0.2) is 23.1 Å². The standard InChI is InChI=1S/C13H19FN2O2S/c1-9-11(14)5-3-7-13(9)19(17,18)16-12-6-2-4-10(12)8-15/h3,5,7,10,12,16H,2,4,6,8,15H2,1H3/t10-,12+/m0/s1. The maximum Gasteiger partial charge on any atom is 0.241 e.